The van der Waals surface area contributed by atoms with E-state index in [0.29, 0.717) is 30.4 Å². The van der Waals surface area contributed by atoms with E-state index in [-0.39, 0.29) is 6.61 Å². The van der Waals surface area contributed by atoms with Crippen LogP contribution in [0.15, 0.2) is 69.9 Å². The molecule has 2 heterocycles. The molecule has 0 bridgehead atoms. The first-order chi connectivity index (χ1) is 12.2. The first kappa shape index (κ1) is 17.6. The van der Waals surface area contributed by atoms with Crippen LogP contribution in [0.2, 0.25) is 5.02 Å². The maximum atomic E-state index is 10.4. The normalized spacial score (nSPS) is 12.4. The molecule has 0 radical (unpaired) electrons. The summed E-state index contributed by atoms with van der Waals surface area (Å²) in [4.78, 5) is 2.04. The van der Waals surface area contributed by atoms with E-state index < -0.39 is 6.10 Å². The molecular formula is C19H20ClNO4. The van der Waals surface area contributed by atoms with Gasteiger partial charge in [-0.25, -0.2) is 0 Å². The molecule has 0 saturated carbocycles. The molecule has 1 aromatic carbocycles. The summed E-state index contributed by atoms with van der Waals surface area (Å²) in [5.41, 5.74) is 0. The van der Waals surface area contributed by atoms with Crippen molar-refractivity contribution >= 4 is 11.6 Å². The lowest BCUT2D eigenvalue weighted by Gasteiger charge is -2.23. The van der Waals surface area contributed by atoms with Gasteiger partial charge in [0.15, 0.2) is 0 Å². The first-order valence-electron chi connectivity index (χ1n) is 8.03. The topological polar surface area (TPSA) is 59.0 Å². The Morgan fingerprint density at radius 1 is 0.960 bits per heavy atom. The van der Waals surface area contributed by atoms with Crippen LogP contribution in [0.3, 0.4) is 0 Å². The van der Waals surface area contributed by atoms with Crippen LogP contribution in [-0.2, 0) is 13.1 Å². The van der Waals surface area contributed by atoms with Crippen molar-refractivity contribution in [3.05, 3.63) is 77.6 Å². The fourth-order valence-electron chi connectivity index (χ4n) is 2.53. The third-order valence-electron chi connectivity index (χ3n) is 3.66. The van der Waals surface area contributed by atoms with E-state index in [2.05, 4.69) is 0 Å². The van der Waals surface area contributed by atoms with E-state index in [9.17, 15) is 5.11 Å². The predicted octanol–water partition coefficient (Wildman–Crippen LogP) is 3.97. The Morgan fingerprint density at radius 2 is 1.60 bits per heavy atom. The predicted molar refractivity (Wildman–Crippen MR) is 94.5 cm³/mol. The number of para-hydroxylation sites is 1. The molecule has 25 heavy (non-hydrogen) atoms. The van der Waals surface area contributed by atoms with Crippen LogP contribution in [0.1, 0.15) is 11.5 Å². The van der Waals surface area contributed by atoms with Gasteiger partial charge in [0.05, 0.1) is 30.6 Å². The van der Waals surface area contributed by atoms with Gasteiger partial charge in [0, 0.05) is 6.54 Å². The number of hydrogen-bond donors (Lipinski definition) is 1. The van der Waals surface area contributed by atoms with Crippen LogP contribution in [0.5, 0.6) is 5.75 Å². The molecule has 3 rings (SSSR count). The molecule has 2 aromatic heterocycles. The fraction of sp³-hybridized carbons (Fsp3) is 0.263. The molecular weight excluding hydrogens is 342 g/mol. The van der Waals surface area contributed by atoms with E-state index >= 15 is 0 Å². The van der Waals surface area contributed by atoms with Gasteiger partial charge in [-0.1, -0.05) is 23.7 Å². The van der Waals surface area contributed by atoms with Crippen LogP contribution in [0, 0.1) is 0 Å². The summed E-state index contributed by atoms with van der Waals surface area (Å²) in [6, 6.07) is 14.7. The lowest BCUT2D eigenvalue weighted by Crippen LogP contribution is -2.34. The molecule has 0 spiro atoms. The zero-order chi connectivity index (χ0) is 17.5. The van der Waals surface area contributed by atoms with Gasteiger partial charge in [-0.15, -0.1) is 0 Å². The summed E-state index contributed by atoms with van der Waals surface area (Å²) >= 11 is 6.06. The average molecular weight is 362 g/mol. The lowest BCUT2D eigenvalue weighted by molar-refractivity contribution is 0.0580. The van der Waals surface area contributed by atoms with Crippen molar-refractivity contribution in [1.29, 1.82) is 0 Å². The molecule has 5 nitrogen and oxygen atoms in total. The second-order valence-electron chi connectivity index (χ2n) is 5.72. The third kappa shape index (κ3) is 5.39. The van der Waals surface area contributed by atoms with Gasteiger partial charge in [-0.2, -0.15) is 0 Å². The second-order valence-corrected chi connectivity index (χ2v) is 6.13. The molecule has 0 aliphatic carbocycles. The Bertz CT molecular complexity index is 706. The number of ether oxygens (including phenoxy) is 1. The zero-order valence-electron chi connectivity index (χ0n) is 13.7. The Labute approximate surface area is 151 Å². The van der Waals surface area contributed by atoms with Gasteiger partial charge in [0.25, 0.3) is 0 Å². The van der Waals surface area contributed by atoms with Crippen molar-refractivity contribution in [2.24, 2.45) is 0 Å². The van der Waals surface area contributed by atoms with Crippen LogP contribution in [0.4, 0.5) is 0 Å². The van der Waals surface area contributed by atoms with Crippen LogP contribution >= 0.6 is 11.6 Å². The van der Waals surface area contributed by atoms with Gasteiger partial charge in [-0.3, -0.25) is 4.90 Å². The number of nitrogens with zero attached hydrogens (tertiary/aromatic N) is 1. The van der Waals surface area contributed by atoms with E-state index in [4.69, 9.17) is 25.2 Å². The summed E-state index contributed by atoms with van der Waals surface area (Å²) in [7, 11) is 0. The Hall–Kier alpha value is -2.21. The van der Waals surface area contributed by atoms with Crippen molar-refractivity contribution in [3.63, 3.8) is 0 Å². The van der Waals surface area contributed by atoms with Gasteiger partial charge in [-0.05, 0) is 36.4 Å². The number of hydrogen-bond acceptors (Lipinski definition) is 5. The van der Waals surface area contributed by atoms with Gasteiger partial charge >= 0.3 is 0 Å². The van der Waals surface area contributed by atoms with Crippen molar-refractivity contribution in [3.8, 4) is 5.75 Å². The Morgan fingerprint density at radius 3 is 2.16 bits per heavy atom. The number of benzene rings is 1. The lowest BCUT2D eigenvalue weighted by atomic mass is 10.3. The van der Waals surface area contributed by atoms with Crippen molar-refractivity contribution in [1.82, 2.24) is 4.90 Å². The number of furan rings is 2. The van der Waals surface area contributed by atoms with Crippen LogP contribution in [0.25, 0.3) is 0 Å². The molecule has 132 valence electrons. The molecule has 6 heteroatoms. The SMILES string of the molecule is OC(COc1ccccc1Cl)CN(Cc1ccco1)Cc1ccco1. The zero-order valence-corrected chi connectivity index (χ0v) is 14.4. The Kier molecular flexibility index (Phi) is 6.17. The highest BCUT2D eigenvalue weighted by atomic mass is 35.5. The number of aliphatic hydroxyl groups is 1. The summed E-state index contributed by atoms with van der Waals surface area (Å²) in [5.74, 6) is 2.21. The molecule has 0 saturated heterocycles. The highest BCUT2D eigenvalue weighted by molar-refractivity contribution is 6.32. The number of aliphatic hydroxyl groups excluding tert-OH is 1. The maximum absolute atomic E-state index is 10.4. The van der Waals surface area contributed by atoms with Crippen molar-refractivity contribution in [2.75, 3.05) is 13.2 Å². The summed E-state index contributed by atoms with van der Waals surface area (Å²) in [6.45, 7) is 1.69. The molecule has 1 N–H and O–H groups in total. The monoisotopic (exact) mass is 361 g/mol. The molecule has 0 aliphatic heterocycles. The Balaban J connectivity index is 1.57. The fourth-order valence-corrected chi connectivity index (χ4v) is 2.72. The first-order valence-corrected chi connectivity index (χ1v) is 8.41. The quantitative estimate of drug-likeness (QED) is 0.625. The van der Waals surface area contributed by atoms with E-state index in [1.165, 1.54) is 0 Å². The summed E-state index contributed by atoms with van der Waals surface area (Å²) in [5, 5.41) is 10.9. The maximum Gasteiger partial charge on any atom is 0.138 e. The molecule has 0 fully saturated rings. The van der Waals surface area contributed by atoms with Gasteiger partial charge < -0.3 is 18.7 Å². The molecule has 0 amide bonds. The van der Waals surface area contributed by atoms with Gasteiger partial charge in [0.2, 0.25) is 0 Å². The van der Waals surface area contributed by atoms with Crippen LogP contribution in [-0.4, -0.2) is 29.3 Å². The van der Waals surface area contributed by atoms with Crippen molar-refractivity contribution < 1.29 is 18.7 Å². The van der Waals surface area contributed by atoms with Crippen molar-refractivity contribution in [2.45, 2.75) is 19.2 Å². The standard InChI is InChI=1S/C19H20ClNO4/c20-18-7-1-2-8-19(18)25-14-15(22)11-21(12-16-5-3-9-23-16)13-17-6-4-10-24-17/h1-10,15,22H,11-14H2. The average Bonchev–Trinajstić information content (AvgIpc) is 3.28. The number of rotatable bonds is 9. The van der Waals surface area contributed by atoms with Gasteiger partial charge in [0.1, 0.15) is 30.0 Å². The molecule has 1 atom stereocenters. The highest BCUT2D eigenvalue weighted by Gasteiger charge is 2.16. The van der Waals surface area contributed by atoms with E-state index in [1.807, 2.05) is 41.3 Å². The summed E-state index contributed by atoms with van der Waals surface area (Å²) < 4.78 is 16.4. The second kappa shape index (κ2) is 8.76. The minimum Gasteiger partial charge on any atom is -0.489 e. The molecule has 3 aromatic rings. The minimum atomic E-state index is -0.679. The van der Waals surface area contributed by atoms with E-state index in [1.54, 1.807) is 24.7 Å². The third-order valence-corrected chi connectivity index (χ3v) is 3.97. The molecule has 1 unspecified atom stereocenters. The minimum absolute atomic E-state index is 0.149. The highest BCUT2D eigenvalue weighted by Crippen LogP contribution is 2.23. The molecule has 0 aliphatic rings. The smallest absolute Gasteiger partial charge is 0.138 e. The largest absolute Gasteiger partial charge is 0.489 e. The van der Waals surface area contributed by atoms with E-state index in [0.717, 1.165) is 11.5 Å². The van der Waals surface area contributed by atoms with Crippen LogP contribution < -0.4 is 4.74 Å². The number of halogens is 1. The summed E-state index contributed by atoms with van der Waals surface area (Å²) in [6.07, 6.45) is 2.59.